The van der Waals surface area contributed by atoms with E-state index in [1.54, 1.807) is 24.6 Å². The second-order valence-electron chi connectivity index (χ2n) is 6.10. The van der Waals surface area contributed by atoms with Gasteiger partial charge in [-0.05, 0) is 35.9 Å². The molecule has 0 saturated carbocycles. The van der Waals surface area contributed by atoms with Gasteiger partial charge in [0.2, 0.25) is 11.8 Å². The molecule has 0 radical (unpaired) electrons. The van der Waals surface area contributed by atoms with Gasteiger partial charge in [0, 0.05) is 30.1 Å². The van der Waals surface area contributed by atoms with E-state index in [9.17, 15) is 18.3 Å². The second-order valence-corrected chi connectivity index (χ2v) is 6.10. The van der Waals surface area contributed by atoms with Crippen LogP contribution in [0.25, 0.3) is 11.6 Å². The maximum absolute atomic E-state index is 12.6. The highest BCUT2D eigenvalue weighted by Gasteiger charge is 2.29. The Hall–Kier alpha value is -3.04. The van der Waals surface area contributed by atoms with Crippen LogP contribution in [0.15, 0.2) is 47.6 Å². The summed E-state index contributed by atoms with van der Waals surface area (Å²) in [6, 6.07) is 8.50. The van der Waals surface area contributed by atoms with Crippen LogP contribution < -0.4 is 5.32 Å². The summed E-state index contributed by atoms with van der Waals surface area (Å²) in [7, 11) is 0. The molecule has 3 aromatic rings. The molecule has 30 heavy (non-hydrogen) atoms. The molecular weight excluding hydrogens is 442 g/mol. The van der Waals surface area contributed by atoms with E-state index in [2.05, 4.69) is 25.3 Å². The predicted octanol–water partition coefficient (Wildman–Crippen LogP) is 5.24. The number of nitrogens with one attached hydrogen (secondary N) is 2. The van der Waals surface area contributed by atoms with E-state index in [1.807, 2.05) is 6.07 Å². The Labute approximate surface area is 181 Å². The monoisotopic (exact) mass is 457 g/mol. The van der Waals surface area contributed by atoms with E-state index in [0.29, 0.717) is 23.0 Å². The van der Waals surface area contributed by atoms with Crippen LogP contribution in [0.5, 0.6) is 5.88 Å². The van der Waals surface area contributed by atoms with Crippen molar-refractivity contribution in [3.63, 3.8) is 0 Å². The van der Waals surface area contributed by atoms with Crippen molar-refractivity contribution in [1.29, 1.82) is 0 Å². The lowest BCUT2D eigenvalue weighted by Crippen LogP contribution is -2.06. The van der Waals surface area contributed by atoms with E-state index in [4.69, 9.17) is 0 Å². The Morgan fingerprint density at radius 3 is 2.53 bits per heavy atom. The van der Waals surface area contributed by atoms with Gasteiger partial charge >= 0.3 is 6.18 Å². The van der Waals surface area contributed by atoms with Crippen LogP contribution in [0.2, 0.25) is 0 Å². The quantitative estimate of drug-likeness (QED) is 0.499. The highest BCUT2D eigenvalue weighted by atomic mass is 35.5. The van der Waals surface area contributed by atoms with Gasteiger partial charge in [-0.25, -0.2) is 9.98 Å². The molecule has 1 aliphatic heterocycles. The fourth-order valence-corrected chi connectivity index (χ4v) is 2.76. The number of halogens is 5. The van der Waals surface area contributed by atoms with Crippen molar-refractivity contribution in [2.24, 2.45) is 4.99 Å². The molecule has 11 heteroatoms. The zero-order chi connectivity index (χ0) is 19.7. The Kier molecular flexibility index (Phi) is 7.12. The van der Waals surface area contributed by atoms with E-state index in [-0.39, 0.29) is 37.2 Å². The van der Waals surface area contributed by atoms with Gasteiger partial charge in [0.15, 0.2) is 5.82 Å². The van der Waals surface area contributed by atoms with Crippen molar-refractivity contribution in [2.45, 2.75) is 12.7 Å². The topological polar surface area (TPSA) is 86.2 Å². The van der Waals surface area contributed by atoms with Gasteiger partial charge in [0.05, 0.1) is 5.56 Å². The number of aliphatic imine (C=N–C) groups is 1. The average Bonchev–Trinajstić information content (AvgIpc) is 3.24. The average molecular weight is 458 g/mol. The van der Waals surface area contributed by atoms with E-state index < -0.39 is 11.7 Å². The molecule has 6 nitrogen and oxygen atoms in total. The number of H-pyrrole nitrogens is 1. The van der Waals surface area contributed by atoms with Crippen LogP contribution in [-0.4, -0.2) is 26.3 Å². The Morgan fingerprint density at radius 1 is 1.10 bits per heavy atom. The second kappa shape index (κ2) is 9.19. The summed E-state index contributed by atoms with van der Waals surface area (Å²) in [4.78, 5) is 15.3. The highest BCUT2D eigenvalue weighted by molar-refractivity contribution is 6.20. The third kappa shape index (κ3) is 4.92. The van der Waals surface area contributed by atoms with Crippen molar-refractivity contribution in [1.82, 2.24) is 15.0 Å². The van der Waals surface area contributed by atoms with Gasteiger partial charge in [0.25, 0.3) is 0 Å². The summed E-state index contributed by atoms with van der Waals surface area (Å²) >= 11 is 0. The first-order valence-corrected chi connectivity index (χ1v) is 8.30. The Balaban J connectivity index is 0.00000160. The summed E-state index contributed by atoms with van der Waals surface area (Å²) in [6.07, 6.45) is 0.630. The summed E-state index contributed by atoms with van der Waals surface area (Å²) in [6.45, 7) is 0.245. The number of rotatable bonds is 4. The van der Waals surface area contributed by atoms with Gasteiger partial charge in [-0.1, -0.05) is 12.1 Å². The first-order chi connectivity index (χ1) is 13.4. The third-order valence-electron chi connectivity index (χ3n) is 4.18. The summed E-state index contributed by atoms with van der Waals surface area (Å²) in [5.41, 5.74) is 1.95. The number of aromatic amines is 1. The molecule has 158 valence electrons. The number of pyridine rings is 1. The molecule has 1 aliphatic rings. The Bertz CT molecular complexity index is 1080. The molecule has 0 fully saturated rings. The number of fused-ring (bicyclic) bond motifs is 1. The number of anilines is 1. The summed E-state index contributed by atoms with van der Waals surface area (Å²) < 4.78 is 37.8. The SMILES string of the molecule is Cl.Cl.Oc1nc(NCc2ccc(C(F)(F)F)cc2)[nH]c1C=C1C=Nc2ncccc21. The molecule has 1 aromatic carbocycles. The zero-order valence-electron chi connectivity index (χ0n) is 15.1. The fraction of sp³-hybridized carbons (Fsp3) is 0.105. The van der Waals surface area contributed by atoms with Crippen LogP contribution in [0.4, 0.5) is 24.9 Å². The lowest BCUT2D eigenvalue weighted by Gasteiger charge is -2.08. The number of nitrogens with zero attached hydrogens (tertiary/aromatic N) is 3. The van der Waals surface area contributed by atoms with E-state index in [0.717, 1.165) is 23.3 Å². The van der Waals surface area contributed by atoms with Crippen molar-refractivity contribution in [3.05, 3.63) is 65.0 Å². The molecule has 0 spiro atoms. The smallest absolute Gasteiger partial charge is 0.416 e. The highest BCUT2D eigenvalue weighted by Crippen LogP contribution is 2.32. The van der Waals surface area contributed by atoms with Crippen molar-refractivity contribution in [2.75, 3.05) is 5.32 Å². The van der Waals surface area contributed by atoms with Crippen LogP contribution in [-0.2, 0) is 12.7 Å². The Morgan fingerprint density at radius 2 is 1.83 bits per heavy atom. The first kappa shape index (κ1) is 23.2. The number of benzene rings is 1. The van der Waals surface area contributed by atoms with E-state index >= 15 is 0 Å². The predicted molar refractivity (Wildman–Crippen MR) is 114 cm³/mol. The van der Waals surface area contributed by atoms with Gasteiger partial charge in [-0.3, -0.25) is 0 Å². The zero-order valence-corrected chi connectivity index (χ0v) is 16.8. The summed E-state index contributed by atoms with van der Waals surface area (Å²) in [5.74, 6) is 0.701. The van der Waals surface area contributed by atoms with Crippen LogP contribution in [0, 0.1) is 0 Å². The van der Waals surface area contributed by atoms with Gasteiger partial charge in [0.1, 0.15) is 5.69 Å². The number of aromatic nitrogens is 3. The molecular formula is C19H16Cl2F3N5O. The number of hydrogen-bond acceptors (Lipinski definition) is 5. The lowest BCUT2D eigenvalue weighted by molar-refractivity contribution is -0.137. The minimum Gasteiger partial charge on any atom is -0.492 e. The number of hydrogen-bond donors (Lipinski definition) is 3. The van der Waals surface area contributed by atoms with Gasteiger partial charge in [-0.15, -0.1) is 24.8 Å². The maximum atomic E-state index is 12.6. The fourth-order valence-electron chi connectivity index (χ4n) is 2.76. The number of alkyl halides is 3. The van der Waals surface area contributed by atoms with Crippen LogP contribution in [0.3, 0.4) is 0 Å². The van der Waals surface area contributed by atoms with Crippen molar-refractivity contribution >= 4 is 54.4 Å². The number of allylic oxidation sites excluding steroid dienone is 1. The summed E-state index contributed by atoms with van der Waals surface area (Å²) in [5, 5.41) is 13.0. The minimum atomic E-state index is -4.36. The molecule has 0 unspecified atom stereocenters. The normalized spacial score (nSPS) is 13.5. The van der Waals surface area contributed by atoms with Gasteiger partial charge in [-0.2, -0.15) is 18.2 Å². The van der Waals surface area contributed by atoms with E-state index in [1.165, 1.54) is 12.1 Å². The standard InChI is InChI=1S/C19H14F3N5O.2ClH/c20-19(21,22)13-5-3-11(4-6-13)9-25-18-26-15(17(28)27-18)8-12-10-24-16-14(12)2-1-7-23-16;;/h1-8,10,28H,9H2,(H2,25,26,27);2*1H. The number of aromatic hydroxyl groups is 1. The molecule has 4 rings (SSSR count). The first-order valence-electron chi connectivity index (χ1n) is 8.30. The molecule has 3 N–H and O–H groups in total. The molecule has 0 atom stereocenters. The maximum Gasteiger partial charge on any atom is 0.416 e. The molecule has 0 amide bonds. The van der Waals surface area contributed by atoms with Crippen molar-refractivity contribution < 1.29 is 18.3 Å². The largest absolute Gasteiger partial charge is 0.492 e. The third-order valence-corrected chi connectivity index (χ3v) is 4.18. The van der Waals surface area contributed by atoms with Crippen LogP contribution in [0.1, 0.15) is 22.4 Å². The van der Waals surface area contributed by atoms with Crippen molar-refractivity contribution in [3.8, 4) is 5.88 Å². The molecule has 2 aromatic heterocycles. The van der Waals surface area contributed by atoms with Crippen LogP contribution >= 0.6 is 24.8 Å². The molecule has 3 heterocycles. The minimum absolute atomic E-state index is 0. The molecule has 0 aliphatic carbocycles. The molecule has 0 saturated heterocycles. The number of imidazole rings is 1. The van der Waals surface area contributed by atoms with Gasteiger partial charge < -0.3 is 15.4 Å². The molecule has 0 bridgehead atoms. The lowest BCUT2D eigenvalue weighted by atomic mass is 10.1.